The molecule has 2 saturated heterocycles. The Morgan fingerprint density at radius 3 is 2.32 bits per heavy atom. The maximum Gasteiger partial charge on any atom is 0.434 e. The van der Waals surface area contributed by atoms with Crippen LogP contribution in [0.5, 0.6) is 0 Å². The molecular formula is C22H22F7N3O2. The summed E-state index contributed by atoms with van der Waals surface area (Å²) >= 11 is 0. The molecule has 34 heavy (non-hydrogen) atoms. The third-order valence-corrected chi connectivity index (χ3v) is 6.57. The summed E-state index contributed by atoms with van der Waals surface area (Å²) < 4.78 is 93.5. The van der Waals surface area contributed by atoms with Crippen LogP contribution in [-0.4, -0.2) is 64.5 Å². The molecule has 0 N–H and O–H groups in total. The van der Waals surface area contributed by atoms with Gasteiger partial charge in [0.1, 0.15) is 5.82 Å². The Morgan fingerprint density at radius 2 is 1.68 bits per heavy atom. The van der Waals surface area contributed by atoms with E-state index in [2.05, 4.69) is 14.6 Å². The van der Waals surface area contributed by atoms with E-state index in [0.29, 0.717) is 30.3 Å². The minimum Gasteiger partial charge on any atom is -0.426 e. The lowest BCUT2D eigenvalue weighted by Crippen LogP contribution is -2.54. The number of aromatic nitrogens is 1. The van der Waals surface area contributed by atoms with Crippen LogP contribution in [0.2, 0.25) is 0 Å². The predicted octanol–water partition coefficient (Wildman–Crippen LogP) is 5.43. The maximum absolute atomic E-state index is 13.4. The van der Waals surface area contributed by atoms with Crippen molar-refractivity contribution in [3.05, 3.63) is 41.8 Å². The highest BCUT2D eigenvalue weighted by molar-refractivity contribution is 5.78. The minimum atomic E-state index is -5.74. The summed E-state index contributed by atoms with van der Waals surface area (Å²) in [5, 5.41) is 0.669. The fourth-order valence-corrected chi connectivity index (χ4v) is 4.83. The van der Waals surface area contributed by atoms with E-state index >= 15 is 0 Å². The van der Waals surface area contributed by atoms with Crippen LogP contribution in [0.25, 0.3) is 10.9 Å². The van der Waals surface area contributed by atoms with E-state index in [4.69, 9.17) is 0 Å². The highest BCUT2D eigenvalue weighted by atomic mass is 19.4. The van der Waals surface area contributed by atoms with E-state index in [9.17, 15) is 35.5 Å². The SMILES string of the molecule is O=C(OC(C(F)(F)F)C(F)(F)F)N1CCC2(CCCN2Cc2ccc3cc(F)ccc3n2)CC1. The van der Waals surface area contributed by atoms with Crippen LogP contribution >= 0.6 is 0 Å². The highest BCUT2D eigenvalue weighted by Gasteiger charge is 2.60. The number of fused-ring (bicyclic) bond motifs is 1. The Labute approximate surface area is 190 Å². The Kier molecular flexibility index (Phi) is 6.38. The summed E-state index contributed by atoms with van der Waals surface area (Å²) in [6, 6.07) is 7.88. The summed E-state index contributed by atoms with van der Waals surface area (Å²) in [6.07, 6.45) is -14.8. The van der Waals surface area contributed by atoms with Crippen molar-refractivity contribution in [1.82, 2.24) is 14.8 Å². The molecule has 186 valence electrons. The molecular weight excluding hydrogens is 471 g/mol. The number of nitrogens with zero attached hydrogens (tertiary/aromatic N) is 3. The Morgan fingerprint density at radius 1 is 1.00 bits per heavy atom. The van der Waals surface area contributed by atoms with Gasteiger partial charge in [-0.15, -0.1) is 0 Å². The molecule has 1 amide bonds. The number of hydrogen-bond acceptors (Lipinski definition) is 4. The van der Waals surface area contributed by atoms with Crippen molar-refractivity contribution in [3.8, 4) is 0 Å². The molecule has 2 aromatic rings. The molecule has 4 rings (SSSR count). The number of carbonyl (C=O) groups is 1. The van der Waals surface area contributed by atoms with E-state index in [-0.39, 0.29) is 24.4 Å². The second-order valence-corrected chi connectivity index (χ2v) is 8.72. The maximum atomic E-state index is 13.4. The van der Waals surface area contributed by atoms with Gasteiger partial charge in [0.05, 0.1) is 11.2 Å². The van der Waals surface area contributed by atoms with Gasteiger partial charge in [-0.25, -0.2) is 9.18 Å². The second-order valence-electron chi connectivity index (χ2n) is 8.72. The minimum absolute atomic E-state index is 0.0117. The van der Waals surface area contributed by atoms with Crippen molar-refractivity contribution >= 4 is 17.0 Å². The first-order chi connectivity index (χ1) is 15.9. The van der Waals surface area contributed by atoms with Crippen LogP contribution in [0.1, 0.15) is 31.4 Å². The fraction of sp³-hybridized carbons (Fsp3) is 0.545. The van der Waals surface area contributed by atoms with Crippen molar-refractivity contribution < 1.29 is 40.3 Å². The van der Waals surface area contributed by atoms with Crippen LogP contribution in [0.4, 0.5) is 35.5 Å². The van der Waals surface area contributed by atoms with Gasteiger partial charge >= 0.3 is 18.4 Å². The monoisotopic (exact) mass is 493 g/mol. The average molecular weight is 493 g/mol. The number of amides is 1. The fourth-order valence-electron chi connectivity index (χ4n) is 4.83. The third-order valence-electron chi connectivity index (χ3n) is 6.57. The largest absolute Gasteiger partial charge is 0.434 e. The number of halogens is 7. The zero-order valence-corrected chi connectivity index (χ0v) is 17.9. The summed E-state index contributed by atoms with van der Waals surface area (Å²) in [4.78, 5) is 19.7. The van der Waals surface area contributed by atoms with Crippen molar-refractivity contribution in [2.75, 3.05) is 19.6 Å². The number of hydrogen-bond donors (Lipinski definition) is 0. The third kappa shape index (κ3) is 5.06. The van der Waals surface area contributed by atoms with Crippen LogP contribution in [0.15, 0.2) is 30.3 Å². The standard InChI is InChI=1S/C22H22F7N3O2/c23-15-3-5-17-14(12-15)2-4-16(30-17)13-32-9-1-6-20(32)7-10-31(11-8-20)19(33)34-18(21(24,25)26)22(27,28)29/h2-5,12,18H,1,6-11,13H2. The first-order valence-corrected chi connectivity index (χ1v) is 10.8. The molecule has 3 heterocycles. The van der Waals surface area contributed by atoms with Gasteiger partial charge in [0, 0.05) is 30.6 Å². The van der Waals surface area contributed by atoms with E-state index in [1.165, 1.54) is 12.1 Å². The van der Waals surface area contributed by atoms with Crippen molar-refractivity contribution in [1.29, 1.82) is 0 Å². The molecule has 2 fully saturated rings. The quantitative estimate of drug-likeness (QED) is 0.535. The summed E-state index contributed by atoms with van der Waals surface area (Å²) in [5.41, 5.74) is 1.08. The van der Waals surface area contributed by atoms with E-state index in [1.54, 1.807) is 18.2 Å². The highest BCUT2D eigenvalue weighted by Crippen LogP contribution is 2.40. The van der Waals surface area contributed by atoms with Gasteiger partial charge in [0.25, 0.3) is 6.10 Å². The molecule has 0 saturated carbocycles. The topological polar surface area (TPSA) is 45.7 Å². The van der Waals surface area contributed by atoms with Crippen LogP contribution < -0.4 is 0 Å². The smallest absolute Gasteiger partial charge is 0.426 e. The number of alkyl halides is 6. The predicted molar refractivity (Wildman–Crippen MR) is 107 cm³/mol. The normalized spacial score (nSPS) is 19.4. The molecule has 1 aromatic heterocycles. The van der Waals surface area contributed by atoms with Crippen molar-refractivity contribution in [2.24, 2.45) is 0 Å². The second kappa shape index (κ2) is 8.86. The van der Waals surface area contributed by atoms with E-state index in [0.717, 1.165) is 30.0 Å². The van der Waals surface area contributed by atoms with Crippen LogP contribution in [0, 0.1) is 5.82 Å². The van der Waals surface area contributed by atoms with Gasteiger partial charge in [-0.3, -0.25) is 9.88 Å². The van der Waals surface area contributed by atoms with Crippen LogP contribution in [0.3, 0.4) is 0 Å². The Bertz CT molecular complexity index is 1030. The summed E-state index contributed by atoms with van der Waals surface area (Å²) in [7, 11) is 0. The van der Waals surface area contributed by atoms with Crippen molar-refractivity contribution in [2.45, 2.75) is 56.2 Å². The van der Waals surface area contributed by atoms with Gasteiger partial charge in [-0.1, -0.05) is 6.07 Å². The number of benzene rings is 1. The van der Waals surface area contributed by atoms with E-state index < -0.39 is 24.5 Å². The molecule has 0 unspecified atom stereocenters. The van der Waals surface area contributed by atoms with E-state index in [1.807, 2.05) is 0 Å². The number of likely N-dealkylation sites (tertiary alicyclic amines) is 2. The Hall–Kier alpha value is -2.63. The Balaban J connectivity index is 1.40. The van der Waals surface area contributed by atoms with Gasteiger partial charge in [-0.05, 0) is 56.5 Å². The number of pyridine rings is 1. The molecule has 5 nitrogen and oxygen atoms in total. The lowest BCUT2D eigenvalue weighted by molar-refractivity contribution is -0.308. The molecule has 0 bridgehead atoms. The molecule has 1 spiro atoms. The van der Waals surface area contributed by atoms with Gasteiger partial charge in [-0.2, -0.15) is 26.3 Å². The lowest BCUT2D eigenvalue weighted by Gasteiger charge is -2.45. The molecule has 2 aliphatic heterocycles. The first-order valence-electron chi connectivity index (χ1n) is 10.8. The molecule has 12 heteroatoms. The van der Waals surface area contributed by atoms with Gasteiger partial charge in [0.15, 0.2) is 0 Å². The first kappa shape index (κ1) is 24.5. The van der Waals surface area contributed by atoms with Crippen molar-refractivity contribution in [3.63, 3.8) is 0 Å². The number of carbonyl (C=O) groups excluding carboxylic acids is 1. The number of piperidine rings is 1. The molecule has 0 atom stereocenters. The number of ether oxygens (including phenoxy) is 1. The zero-order valence-electron chi connectivity index (χ0n) is 17.9. The lowest BCUT2D eigenvalue weighted by atomic mass is 9.85. The van der Waals surface area contributed by atoms with Gasteiger partial charge < -0.3 is 9.64 Å². The van der Waals surface area contributed by atoms with Gasteiger partial charge in [0.2, 0.25) is 0 Å². The number of rotatable bonds is 3. The molecule has 2 aliphatic rings. The molecule has 1 aromatic carbocycles. The zero-order chi connectivity index (χ0) is 24.7. The molecule has 0 radical (unpaired) electrons. The summed E-state index contributed by atoms with van der Waals surface area (Å²) in [6.45, 7) is 1.21. The van der Waals surface area contributed by atoms with Crippen LogP contribution in [-0.2, 0) is 11.3 Å². The molecule has 0 aliphatic carbocycles. The summed E-state index contributed by atoms with van der Waals surface area (Å²) in [5.74, 6) is -0.359. The average Bonchev–Trinajstić information content (AvgIpc) is 3.12.